The average molecular weight is 423 g/mol. The third-order valence-corrected chi connectivity index (χ3v) is 6.76. The van der Waals surface area contributed by atoms with Gasteiger partial charge in [0.25, 0.3) is 11.5 Å². The summed E-state index contributed by atoms with van der Waals surface area (Å²) in [7, 11) is 0. The molecule has 1 saturated carbocycles. The maximum absolute atomic E-state index is 12.9. The molecule has 0 unspecified atom stereocenters. The van der Waals surface area contributed by atoms with E-state index in [9.17, 15) is 14.4 Å². The number of fused-ring (bicyclic) bond motifs is 1. The van der Waals surface area contributed by atoms with E-state index < -0.39 is 0 Å². The number of hydrogen-bond acceptors (Lipinski definition) is 5. The molecule has 3 heterocycles. The fraction of sp³-hybridized carbons (Fsp3) is 0.364. The van der Waals surface area contributed by atoms with Gasteiger partial charge in [-0.3, -0.25) is 14.4 Å². The molecule has 1 aliphatic carbocycles. The summed E-state index contributed by atoms with van der Waals surface area (Å²) in [6, 6.07) is 9.33. The number of amides is 2. The van der Waals surface area contributed by atoms with Crippen LogP contribution in [0.4, 0.5) is 0 Å². The van der Waals surface area contributed by atoms with Gasteiger partial charge in [0.05, 0.1) is 16.6 Å². The first-order chi connectivity index (χ1) is 14.6. The zero-order valence-electron chi connectivity index (χ0n) is 16.5. The van der Waals surface area contributed by atoms with Crippen molar-refractivity contribution < 1.29 is 9.59 Å². The molecule has 1 aliphatic heterocycles. The van der Waals surface area contributed by atoms with E-state index in [0.717, 1.165) is 28.8 Å². The number of aromatic nitrogens is 2. The van der Waals surface area contributed by atoms with Crippen LogP contribution in [0, 0.1) is 5.92 Å². The summed E-state index contributed by atoms with van der Waals surface area (Å²) in [6.45, 7) is 2.39. The third-order valence-electron chi connectivity index (χ3n) is 5.82. The average Bonchev–Trinajstić information content (AvgIpc) is 3.53. The lowest BCUT2D eigenvalue weighted by molar-refractivity contribution is -0.134. The van der Waals surface area contributed by atoms with Gasteiger partial charge in [-0.05, 0) is 25.0 Å². The molecule has 5 rings (SSSR count). The first kappa shape index (κ1) is 19.0. The van der Waals surface area contributed by atoms with Gasteiger partial charge in [-0.25, -0.2) is 5.10 Å². The highest BCUT2D eigenvalue weighted by Gasteiger charge is 2.35. The number of rotatable bonds is 4. The first-order valence-electron chi connectivity index (χ1n) is 10.2. The minimum atomic E-state index is -0.198. The molecule has 2 aliphatic rings. The number of thiophene rings is 1. The fourth-order valence-electron chi connectivity index (χ4n) is 3.96. The quantitative estimate of drug-likeness (QED) is 0.699. The molecule has 3 aromatic rings. The number of nitrogens with one attached hydrogen (secondary N) is 1. The van der Waals surface area contributed by atoms with Crippen LogP contribution in [0.3, 0.4) is 0 Å². The van der Waals surface area contributed by atoms with Gasteiger partial charge < -0.3 is 9.80 Å². The van der Waals surface area contributed by atoms with E-state index in [0.29, 0.717) is 43.5 Å². The van der Waals surface area contributed by atoms with Crippen molar-refractivity contribution in [1.82, 2.24) is 20.0 Å². The summed E-state index contributed by atoms with van der Waals surface area (Å²) < 4.78 is 0. The molecule has 8 heteroatoms. The molecule has 0 atom stereocenters. The van der Waals surface area contributed by atoms with Crippen LogP contribution >= 0.6 is 11.3 Å². The molecule has 2 amide bonds. The Morgan fingerprint density at radius 2 is 1.77 bits per heavy atom. The number of hydrogen-bond donors (Lipinski definition) is 1. The van der Waals surface area contributed by atoms with Crippen molar-refractivity contribution in [1.29, 1.82) is 0 Å². The monoisotopic (exact) mass is 422 g/mol. The summed E-state index contributed by atoms with van der Waals surface area (Å²) in [5, 5.41) is 10.1. The van der Waals surface area contributed by atoms with Crippen LogP contribution in [0.2, 0.25) is 0 Å². The van der Waals surface area contributed by atoms with Crippen molar-refractivity contribution in [3.8, 4) is 0 Å². The molecule has 1 saturated heterocycles. The first-order valence-corrected chi connectivity index (χ1v) is 11.1. The van der Waals surface area contributed by atoms with E-state index in [1.54, 1.807) is 6.07 Å². The smallest absolute Gasteiger partial charge is 0.272 e. The molecule has 0 spiro atoms. The van der Waals surface area contributed by atoms with E-state index in [4.69, 9.17) is 0 Å². The van der Waals surface area contributed by atoms with Crippen LogP contribution in [-0.4, -0.2) is 58.0 Å². The molecule has 1 aromatic carbocycles. The molecule has 154 valence electrons. The third kappa shape index (κ3) is 3.63. The zero-order chi connectivity index (χ0) is 20.7. The van der Waals surface area contributed by atoms with E-state index in [2.05, 4.69) is 10.2 Å². The second kappa shape index (κ2) is 7.68. The summed E-state index contributed by atoms with van der Waals surface area (Å²) in [4.78, 5) is 41.8. The molecular weight excluding hydrogens is 400 g/mol. The predicted molar refractivity (Wildman–Crippen MR) is 115 cm³/mol. The number of benzene rings is 1. The summed E-state index contributed by atoms with van der Waals surface area (Å²) in [5.74, 6) is 0.486. The number of aromatic amines is 1. The molecule has 0 radical (unpaired) electrons. The van der Waals surface area contributed by atoms with Crippen LogP contribution in [0.15, 0.2) is 40.5 Å². The Kier molecular flexibility index (Phi) is 4.86. The van der Waals surface area contributed by atoms with Crippen LogP contribution in [0.25, 0.3) is 10.8 Å². The van der Waals surface area contributed by atoms with Crippen LogP contribution < -0.4 is 5.56 Å². The van der Waals surface area contributed by atoms with Crippen molar-refractivity contribution in [2.45, 2.75) is 19.3 Å². The van der Waals surface area contributed by atoms with Gasteiger partial charge in [0, 0.05) is 54.2 Å². The molecule has 2 fully saturated rings. The Labute approximate surface area is 177 Å². The lowest BCUT2D eigenvalue weighted by Gasteiger charge is -2.34. The highest BCUT2D eigenvalue weighted by Crippen LogP contribution is 2.31. The maximum atomic E-state index is 12.9. The Hall–Kier alpha value is -3.00. The van der Waals surface area contributed by atoms with Crippen molar-refractivity contribution in [3.63, 3.8) is 0 Å². The van der Waals surface area contributed by atoms with Crippen molar-refractivity contribution >= 4 is 33.9 Å². The standard InChI is InChI=1S/C22H22N4O3S/c27-20-18-4-2-1-3-17(18)19(23-24-20)12-16-11-15(13-30-16)22(29)26-9-7-25(8-10-26)21(28)14-5-6-14/h1-4,11,13-14H,5-10,12H2,(H,24,27). The largest absolute Gasteiger partial charge is 0.339 e. The highest BCUT2D eigenvalue weighted by molar-refractivity contribution is 7.10. The van der Waals surface area contributed by atoms with Crippen LogP contribution in [-0.2, 0) is 11.2 Å². The molecule has 7 nitrogen and oxygen atoms in total. The number of carbonyl (C=O) groups is 2. The summed E-state index contributed by atoms with van der Waals surface area (Å²) in [6.07, 6.45) is 2.57. The second-order valence-corrected chi connectivity index (χ2v) is 8.91. The van der Waals surface area contributed by atoms with E-state index in [1.165, 1.54) is 11.3 Å². The molecule has 0 bridgehead atoms. The van der Waals surface area contributed by atoms with Gasteiger partial charge in [-0.2, -0.15) is 5.10 Å². The number of nitrogens with zero attached hydrogens (tertiary/aromatic N) is 3. The van der Waals surface area contributed by atoms with E-state index >= 15 is 0 Å². The van der Waals surface area contributed by atoms with Gasteiger partial charge in [-0.1, -0.05) is 18.2 Å². The van der Waals surface area contributed by atoms with Crippen molar-refractivity contribution in [2.75, 3.05) is 26.2 Å². The fourth-order valence-corrected chi connectivity index (χ4v) is 4.82. The normalized spacial score (nSPS) is 16.8. The number of piperazine rings is 1. The molecule has 1 N–H and O–H groups in total. The number of H-pyrrole nitrogens is 1. The van der Waals surface area contributed by atoms with Gasteiger partial charge in [-0.15, -0.1) is 11.3 Å². The Balaban J connectivity index is 1.27. The summed E-state index contributed by atoms with van der Waals surface area (Å²) >= 11 is 1.52. The van der Waals surface area contributed by atoms with Gasteiger partial charge in [0.1, 0.15) is 0 Å². The van der Waals surface area contributed by atoms with Crippen LogP contribution in [0.1, 0.15) is 33.8 Å². The molecule has 2 aromatic heterocycles. The van der Waals surface area contributed by atoms with Crippen molar-refractivity contribution in [3.05, 3.63) is 62.2 Å². The highest BCUT2D eigenvalue weighted by atomic mass is 32.1. The Morgan fingerprint density at radius 3 is 2.50 bits per heavy atom. The van der Waals surface area contributed by atoms with E-state index in [1.807, 2.05) is 39.4 Å². The minimum absolute atomic E-state index is 0.00954. The van der Waals surface area contributed by atoms with E-state index in [-0.39, 0.29) is 23.3 Å². The van der Waals surface area contributed by atoms with Gasteiger partial charge in [0.2, 0.25) is 5.91 Å². The predicted octanol–water partition coefficient (Wildman–Crippen LogP) is 2.27. The lowest BCUT2D eigenvalue weighted by atomic mass is 10.1. The minimum Gasteiger partial charge on any atom is -0.339 e. The van der Waals surface area contributed by atoms with Crippen LogP contribution in [0.5, 0.6) is 0 Å². The topological polar surface area (TPSA) is 86.4 Å². The maximum Gasteiger partial charge on any atom is 0.272 e. The Bertz CT molecular complexity index is 1170. The van der Waals surface area contributed by atoms with Crippen molar-refractivity contribution in [2.24, 2.45) is 5.92 Å². The Morgan fingerprint density at radius 1 is 1.07 bits per heavy atom. The summed E-state index contributed by atoms with van der Waals surface area (Å²) in [5.41, 5.74) is 1.26. The number of carbonyl (C=O) groups excluding carboxylic acids is 2. The van der Waals surface area contributed by atoms with Gasteiger partial charge >= 0.3 is 0 Å². The van der Waals surface area contributed by atoms with Gasteiger partial charge in [0.15, 0.2) is 0 Å². The molecular formula is C22H22N4O3S. The second-order valence-electron chi connectivity index (χ2n) is 7.92. The SMILES string of the molecule is O=C(c1csc(Cc2n[nH]c(=O)c3ccccc23)c1)N1CCN(C(=O)C2CC2)CC1. The molecule has 30 heavy (non-hydrogen) atoms. The zero-order valence-corrected chi connectivity index (χ0v) is 17.3. The lowest BCUT2D eigenvalue weighted by Crippen LogP contribution is -2.51.